The average molecular weight is 350 g/mol. The lowest BCUT2D eigenvalue weighted by molar-refractivity contribution is -0.148. The Morgan fingerprint density at radius 3 is 2.56 bits per heavy atom. The predicted molar refractivity (Wildman–Crippen MR) is 91.8 cm³/mol. The number of amides is 1. The van der Waals surface area contributed by atoms with Crippen LogP contribution in [0, 0.1) is 0 Å². The molecule has 1 saturated heterocycles. The molecule has 1 amide bonds. The van der Waals surface area contributed by atoms with Crippen molar-refractivity contribution >= 4 is 11.7 Å². The molecule has 1 heterocycles. The van der Waals surface area contributed by atoms with Crippen molar-refractivity contribution in [1.29, 1.82) is 0 Å². The lowest BCUT2D eigenvalue weighted by atomic mass is 9.77. The third-order valence-electron chi connectivity index (χ3n) is 4.75. The highest BCUT2D eigenvalue weighted by Crippen LogP contribution is 2.24. The highest BCUT2D eigenvalue weighted by Gasteiger charge is 2.53. The van der Waals surface area contributed by atoms with E-state index in [1.54, 1.807) is 6.92 Å². The molecule has 4 atom stereocenters. The van der Waals surface area contributed by atoms with E-state index in [-0.39, 0.29) is 37.7 Å². The minimum Gasteiger partial charge on any atom is -0.395 e. The van der Waals surface area contributed by atoms with Gasteiger partial charge in [-0.2, -0.15) is 0 Å². The van der Waals surface area contributed by atoms with Crippen LogP contribution in [0.2, 0.25) is 0 Å². The zero-order valence-corrected chi connectivity index (χ0v) is 14.3. The summed E-state index contributed by atoms with van der Waals surface area (Å²) in [5.41, 5.74) is -0.632. The van der Waals surface area contributed by atoms with Gasteiger partial charge in [0.05, 0.1) is 12.6 Å². The van der Waals surface area contributed by atoms with E-state index in [2.05, 4.69) is 10.6 Å². The highest BCUT2D eigenvalue weighted by atomic mass is 16.3. The van der Waals surface area contributed by atoms with Gasteiger partial charge in [-0.1, -0.05) is 37.3 Å². The quantitative estimate of drug-likeness (QED) is 0.437. The summed E-state index contributed by atoms with van der Waals surface area (Å²) in [6.45, 7) is 1.22. The SMILES string of the molecule is CCC(=O)N[C@@]1(C(=O)CCc2ccccc2)CN[C@H](CO)[C@@H](O)[C@@H]1O. The van der Waals surface area contributed by atoms with Crippen LogP contribution < -0.4 is 10.6 Å². The number of nitrogens with one attached hydrogen (secondary N) is 2. The fraction of sp³-hybridized carbons (Fsp3) is 0.556. The van der Waals surface area contributed by atoms with Crippen LogP contribution in [0.5, 0.6) is 0 Å². The molecular weight excluding hydrogens is 324 g/mol. The molecule has 1 aliphatic heterocycles. The summed E-state index contributed by atoms with van der Waals surface area (Å²) in [5, 5.41) is 35.5. The van der Waals surface area contributed by atoms with E-state index in [0.29, 0.717) is 6.42 Å². The van der Waals surface area contributed by atoms with E-state index in [1.165, 1.54) is 0 Å². The molecule has 0 spiro atoms. The van der Waals surface area contributed by atoms with Gasteiger partial charge in [-0.05, 0) is 12.0 Å². The summed E-state index contributed by atoms with van der Waals surface area (Å²) in [7, 11) is 0. The second-order valence-electron chi connectivity index (χ2n) is 6.39. The fourth-order valence-electron chi connectivity index (χ4n) is 3.12. The molecule has 0 unspecified atom stereocenters. The molecule has 138 valence electrons. The normalized spacial score (nSPS) is 29.2. The van der Waals surface area contributed by atoms with Crippen LogP contribution in [-0.4, -0.2) is 64.0 Å². The van der Waals surface area contributed by atoms with Crippen molar-refractivity contribution < 1.29 is 24.9 Å². The van der Waals surface area contributed by atoms with E-state index < -0.39 is 23.8 Å². The second kappa shape index (κ2) is 8.53. The lowest BCUT2D eigenvalue weighted by Gasteiger charge is -2.46. The van der Waals surface area contributed by atoms with Crippen molar-refractivity contribution in [1.82, 2.24) is 10.6 Å². The molecule has 0 bridgehead atoms. The lowest BCUT2D eigenvalue weighted by Crippen LogP contribution is -2.76. The van der Waals surface area contributed by atoms with E-state index in [9.17, 15) is 24.9 Å². The van der Waals surface area contributed by atoms with Crippen molar-refractivity contribution in [3.8, 4) is 0 Å². The van der Waals surface area contributed by atoms with Gasteiger partial charge in [-0.15, -0.1) is 0 Å². The number of hydrogen-bond acceptors (Lipinski definition) is 6. The molecule has 1 aromatic rings. The van der Waals surface area contributed by atoms with Gasteiger partial charge in [-0.25, -0.2) is 0 Å². The Kier molecular flexibility index (Phi) is 6.66. The first-order valence-electron chi connectivity index (χ1n) is 8.53. The number of hydrogen-bond donors (Lipinski definition) is 5. The molecule has 5 N–H and O–H groups in total. The molecule has 0 saturated carbocycles. The summed E-state index contributed by atoms with van der Waals surface area (Å²) < 4.78 is 0. The third-order valence-corrected chi connectivity index (χ3v) is 4.75. The minimum absolute atomic E-state index is 0.0458. The van der Waals surface area contributed by atoms with Crippen molar-refractivity contribution in [2.24, 2.45) is 0 Å². The van der Waals surface area contributed by atoms with Gasteiger partial charge in [0, 0.05) is 19.4 Å². The van der Waals surface area contributed by atoms with Crippen molar-refractivity contribution in [3.05, 3.63) is 35.9 Å². The first kappa shape index (κ1) is 19.5. The Bertz CT molecular complexity index is 594. The topological polar surface area (TPSA) is 119 Å². The molecule has 0 aromatic heterocycles. The number of piperidine rings is 1. The van der Waals surface area contributed by atoms with Crippen LogP contribution >= 0.6 is 0 Å². The third kappa shape index (κ3) is 4.24. The molecule has 0 aliphatic carbocycles. The van der Waals surface area contributed by atoms with Crippen LogP contribution in [0.1, 0.15) is 25.3 Å². The fourth-order valence-corrected chi connectivity index (χ4v) is 3.12. The Morgan fingerprint density at radius 1 is 1.28 bits per heavy atom. The van der Waals surface area contributed by atoms with Gasteiger partial charge in [0.15, 0.2) is 5.78 Å². The number of aryl methyl sites for hydroxylation is 1. The molecular formula is C18H26N2O5. The summed E-state index contributed by atoms with van der Waals surface area (Å²) in [6.07, 6.45) is -2.12. The van der Waals surface area contributed by atoms with Crippen LogP contribution in [0.25, 0.3) is 0 Å². The smallest absolute Gasteiger partial charge is 0.220 e. The molecule has 1 aromatic carbocycles. The van der Waals surface area contributed by atoms with Gasteiger partial charge in [0.2, 0.25) is 5.91 Å². The van der Waals surface area contributed by atoms with Gasteiger partial charge >= 0.3 is 0 Å². The summed E-state index contributed by atoms with van der Waals surface area (Å²) >= 11 is 0. The largest absolute Gasteiger partial charge is 0.395 e. The Hall–Kier alpha value is -1.80. The summed E-state index contributed by atoms with van der Waals surface area (Å²) in [5.74, 6) is -0.739. The van der Waals surface area contributed by atoms with Gasteiger partial charge in [-0.3, -0.25) is 9.59 Å². The maximum atomic E-state index is 12.9. The van der Waals surface area contributed by atoms with Crippen molar-refractivity contribution in [2.45, 2.75) is 50.0 Å². The van der Waals surface area contributed by atoms with Crippen LogP contribution in [0.15, 0.2) is 30.3 Å². The molecule has 0 radical (unpaired) electrons. The van der Waals surface area contributed by atoms with E-state index in [4.69, 9.17) is 0 Å². The standard InChI is InChI=1S/C18H26N2O5/c1-2-15(23)20-18(11-19-13(10-21)16(24)17(18)25)14(22)9-8-12-6-4-3-5-7-12/h3-7,13,16-17,19,21,24-25H,2,8-11H2,1H3,(H,20,23)/t13-,16-,17+,18-/m1/s1. The zero-order chi connectivity index (χ0) is 18.4. The minimum atomic E-state index is -1.60. The van der Waals surface area contributed by atoms with Gasteiger partial charge < -0.3 is 26.0 Å². The van der Waals surface area contributed by atoms with Crippen molar-refractivity contribution in [2.75, 3.05) is 13.2 Å². The number of aliphatic hydroxyl groups excluding tert-OH is 3. The Morgan fingerprint density at radius 2 is 1.96 bits per heavy atom. The van der Waals surface area contributed by atoms with Crippen molar-refractivity contribution in [3.63, 3.8) is 0 Å². The van der Waals surface area contributed by atoms with Gasteiger partial charge in [0.1, 0.15) is 17.7 Å². The average Bonchev–Trinajstić information content (AvgIpc) is 2.64. The number of benzene rings is 1. The number of ketones is 1. The maximum Gasteiger partial charge on any atom is 0.220 e. The van der Waals surface area contributed by atoms with E-state index in [0.717, 1.165) is 5.56 Å². The summed E-state index contributed by atoms with van der Waals surface area (Å²) in [4.78, 5) is 24.8. The van der Waals surface area contributed by atoms with Crippen LogP contribution in [0.3, 0.4) is 0 Å². The van der Waals surface area contributed by atoms with E-state index in [1.807, 2.05) is 30.3 Å². The molecule has 25 heavy (non-hydrogen) atoms. The molecule has 7 heteroatoms. The number of rotatable bonds is 7. The summed E-state index contributed by atoms with van der Waals surface area (Å²) in [6, 6.07) is 8.69. The maximum absolute atomic E-state index is 12.9. The van der Waals surface area contributed by atoms with Crippen LogP contribution in [-0.2, 0) is 16.0 Å². The first-order valence-corrected chi connectivity index (χ1v) is 8.53. The number of aliphatic hydroxyl groups is 3. The zero-order valence-electron chi connectivity index (χ0n) is 14.3. The molecule has 2 rings (SSSR count). The first-order chi connectivity index (χ1) is 11.9. The second-order valence-corrected chi connectivity index (χ2v) is 6.39. The monoisotopic (exact) mass is 350 g/mol. The van der Waals surface area contributed by atoms with E-state index >= 15 is 0 Å². The number of carbonyl (C=O) groups excluding carboxylic acids is 2. The van der Waals surface area contributed by atoms with Crippen LogP contribution in [0.4, 0.5) is 0 Å². The molecule has 1 aliphatic rings. The number of carbonyl (C=O) groups is 2. The Labute approximate surface area is 147 Å². The van der Waals surface area contributed by atoms with Gasteiger partial charge in [0.25, 0.3) is 0 Å². The Balaban J connectivity index is 2.19. The predicted octanol–water partition coefficient (Wildman–Crippen LogP) is -0.861. The molecule has 1 fully saturated rings. The highest BCUT2D eigenvalue weighted by molar-refractivity contribution is 5.94. The number of Topliss-reactive ketones (excluding diaryl/α,β-unsaturated/α-hetero) is 1. The molecule has 7 nitrogen and oxygen atoms in total.